The van der Waals surface area contributed by atoms with Gasteiger partial charge in [-0.1, -0.05) is 13.0 Å². The molecule has 1 fully saturated rings. The summed E-state index contributed by atoms with van der Waals surface area (Å²) in [7, 11) is 0. The van der Waals surface area contributed by atoms with E-state index >= 15 is 0 Å². The van der Waals surface area contributed by atoms with Gasteiger partial charge in [-0.15, -0.1) is 10.2 Å². The van der Waals surface area contributed by atoms with E-state index in [0.717, 1.165) is 31.6 Å². The van der Waals surface area contributed by atoms with Crippen molar-refractivity contribution >= 4 is 17.5 Å². The van der Waals surface area contributed by atoms with Crippen LogP contribution >= 0.6 is 0 Å². The third kappa shape index (κ3) is 3.21. The first kappa shape index (κ1) is 14.0. The summed E-state index contributed by atoms with van der Waals surface area (Å²) < 4.78 is 1.78. The van der Waals surface area contributed by atoms with Crippen LogP contribution in [0.1, 0.15) is 26.2 Å². The van der Waals surface area contributed by atoms with Gasteiger partial charge in [-0.2, -0.15) is 0 Å². The van der Waals surface area contributed by atoms with Crippen molar-refractivity contribution in [1.82, 2.24) is 19.9 Å². The smallest absolute Gasteiger partial charge is 0.235 e. The molecular weight excluding hydrogens is 266 g/mol. The van der Waals surface area contributed by atoms with Crippen molar-refractivity contribution in [2.45, 2.75) is 26.2 Å². The molecule has 1 unspecified atom stereocenters. The predicted molar refractivity (Wildman–Crippen MR) is 81.0 cm³/mol. The highest BCUT2D eigenvalue weighted by Crippen LogP contribution is 2.24. The molecule has 21 heavy (non-hydrogen) atoms. The zero-order chi connectivity index (χ0) is 14.7. The molecule has 6 nitrogen and oxygen atoms in total. The summed E-state index contributed by atoms with van der Waals surface area (Å²) >= 11 is 0. The first-order valence-electron chi connectivity index (χ1n) is 7.54. The van der Waals surface area contributed by atoms with Crippen molar-refractivity contribution in [2.75, 3.05) is 18.4 Å². The van der Waals surface area contributed by atoms with Crippen LogP contribution in [0.4, 0.5) is 5.95 Å². The Bertz CT molecular complexity index is 617. The Balaban J connectivity index is 1.61. The van der Waals surface area contributed by atoms with E-state index in [2.05, 4.69) is 27.8 Å². The van der Waals surface area contributed by atoms with E-state index in [-0.39, 0.29) is 5.91 Å². The molecule has 0 spiro atoms. The Morgan fingerprint density at radius 1 is 1.43 bits per heavy atom. The first-order valence-corrected chi connectivity index (χ1v) is 7.54. The van der Waals surface area contributed by atoms with Gasteiger partial charge in [-0.3, -0.25) is 14.5 Å². The van der Waals surface area contributed by atoms with Crippen LogP contribution in [-0.4, -0.2) is 33.6 Å². The lowest BCUT2D eigenvalue weighted by molar-refractivity contribution is -0.117. The van der Waals surface area contributed by atoms with Gasteiger partial charge in [-0.05, 0) is 49.9 Å². The lowest BCUT2D eigenvalue weighted by Crippen LogP contribution is -2.32. The molecule has 3 rings (SSSR count). The van der Waals surface area contributed by atoms with Crippen LogP contribution in [0.2, 0.25) is 0 Å². The zero-order valence-corrected chi connectivity index (χ0v) is 12.2. The van der Waals surface area contributed by atoms with Crippen LogP contribution in [-0.2, 0) is 4.79 Å². The van der Waals surface area contributed by atoms with Gasteiger partial charge in [0.15, 0.2) is 5.65 Å². The highest BCUT2D eigenvalue weighted by molar-refractivity contribution is 5.89. The van der Waals surface area contributed by atoms with Crippen LogP contribution in [0.3, 0.4) is 0 Å². The average molecular weight is 287 g/mol. The number of amides is 1. The van der Waals surface area contributed by atoms with Crippen LogP contribution < -0.4 is 10.6 Å². The number of anilines is 1. The van der Waals surface area contributed by atoms with E-state index in [4.69, 9.17) is 0 Å². The number of carbonyl (C=O) groups excluding carboxylic acids is 1. The number of piperidine rings is 1. The quantitative estimate of drug-likeness (QED) is 0.897. The maximum Gasteiger partial charge on any atom is 0.235 e. The Morgan fingerprint density at radius 3 is 3.05 bits per heavy atom. The Labute approximate surface area is 123 Å². The minimum Gasteiger partial charge on any atom is -0.317 e. The molecule has 6 heteroatoms. The van der Waals surface area contributed by atoms with Crippen LogP contribution in [0.25, 0.3) is 5.65 Å². The Kier molecular flexibility index (Phi) is 4.15. The highest BCUT2D eigenvalue weighted by Gasteiger charge is 2.22. The minimum absolute atomic E-state index is 0.0131. The minimum atomic E-state index is 0.0131. The number of nitrogens with zero attached hydrogens (tertiary/aromatic N) is 3. The fraction of sp³-hybridized carbons (Fsp3) is 0.533. The van der Waals surface area contributed by atoms with Crippen molar-refractivity contribution in [2.24, 2.45) is 11.8 Å². The normalized spacial score (nSPS) is 17.8. The molecule has 1 aliphatic heterocycles. The topological polar surface area (TPSA) is 71.3 Å². The van der Waals surface area contributed by atoms with Crippen LogP contribution in [0.5, 0.6) is 0 Å². The van der Waals surface area contributed by atoms with Gasteiger partial charge in [0.05, 0.1) is 0 Å². The highest BCUT2D eigenvalue weighted by atomic mass is 16.1. The van der Waals surface area contributed by atoms with Gasteiger partial charge in [0, 0.05) is 12.6 Å². The fourth-order valence-electron chi connectivity index (χ4n) is 2.97. The number of hydrogen-bond acceptors (Lipinski definition) is 4. The summed E-state index contributed by atoms with van der Waals surface area (Å²) in [5.41, 5.74) is 0.735. The van der Waals surface area contributed by atoms with E-state index in [0.29, 0.717) is 24.2 Å². The summed E-state index contributed by atoms with van der Waals surface area (Å²) in [6, 6.07) is 5.65. The molecule has 0 radical (unpaired) electrons. The van der Waals surface area contributed by atoms with Crippen molar-refractivity contribution in [3.63, 3.8) is 0 Å². The van der Waals surface area contributed by atoms with E-state index in [1.54, 1.807) is 4.40 Å². The standard InChI is InChI=1S/C15H21N5O/c1-11(12-5-7-16-8-6-12)10-14(21)17-15-19-18-13-4-2-3-9-20(13)15/h2-4,9,11-12,16H,5-8,10H2,1H3,(H,17,19,21). The van der Waals surface area contributed by atoms with E-state index in [9.17, 15) is 4.79 Å². The molecule has 3 heterocycles. The number of hydrogen-bond donors (Lipinski definition) is 2. The second-order valence-corrected chi connectivity index (χ2v) is 5.77. The van der Waals surface area contributed by atoms with Gasteiger partial charge in [0.25, 0.3) is 0 Å². The summed E-state index contributed by atoms with van der Waals surface area (Å²) in [5.74, 6) is 1.53. The molecule has 1 aliphatic rings. The SMILES string of the molecule is CC(CC(=O)Nc1nnc2ccccn12)C1CCNCC1. The largest absolute Gasteiger partial charge is 0.317 e. The maximum atomic E-state index is 12.2. The molecule has 2 aromatic rings. The van der Waals surface area contributed by atoms with Crippen molar-refractivity contribution in [3.05, 3.63) is 24.4 Å². The molecule has 1 amide bonds. The predicted octanol–water partition coefficient (Wildman–Crippen LogP) is 1.69. The molecule has 0 saturated carbocycles. The molecule has 1 saturated heterocycles. The number of carbonyl (C=O) groups is 1. The van der Waals surface area contributed by atoms with Crippen LogP contribution in [0.15, 0.2) is 24.4 Å². The van der Waals surface area contributed by atoms with E-state index in [1.807, 2.05) is 24.4 Å². The molecular formula is C15H21N5O. The summed E-state index contributed by atoms with van der Waals surface area (Å²) in [6.07, 6.45) is 4.69. The fourth-order valence-corrected chi connectivity index (χ4v) is 2.97. The third-order valence-electron chi connectivity index (χ3n) is 4.26. The van der Waals surface area contributed by atoms with E-state index in [1.165, 1.54) is 0 Å². The third-order valence-corrected chi connectivity index (χ3v) is 4.26. The van der Waals surface area contributed by atoms with Crippen molar-refractivity contribution in [3.8, 4) is 0 Å². The van der Waals surface area contributed by atoms with Crippen molar-refractivity contribution in [1.29, 1.82) is 0 Å². The summed E-state index contributed by atoms with van der Waals surface area (Å²) in [4.78, 5) is 12.2. The monoisotopic (exact) mass is 287 g/mol. The zero-order valence-electron chi connectivity index (χ0n) is 12.2. The number of fused-ring (bicyclic) bond motifs is 1. The lowest BCUT2D eigenvalue weighted by Gasteiger charge is -2.27. The molecule has 2 aromatic heterocycles. The van der Waals surface area contributed by atoms with Gasteiger partial charge in [0.2, 0.25) is 11.9 Å². The number of nitrogens with one attached hydrogen (secondary N) is 2. The van der Waals surface area contributed by atoms with Gasteiger partial charge >= 0.3 is 0 Å². The summed E-state index contributed by atoms with van der Waals surface area (Å²) in [6.45, 7) is 4.29. The first-order chi connectivity index (χ1) is 10.2. The van der Waals surface area contributed by atoms with Crippen LogP contribution in [0, 0.1) is 11.8 Å². The summed E-state index contributed by atoms with van der Waals surface area (Å²) in [5, 5.41) is 14.3. The Morgan fingerprint density at radius 2 is 2.24 bits per heavy atom. The molecule has 1 atom stereocenters. The van der Waals surface area contributed by atoms with Crippen molar-refractivity contribution < 1.29 is 4.79 Å². The second-order valence-electron chi connectivity index (χ2n) is 5.77. The molecule has 0 aliphatic carbocycles. The number of rotatable bonds is 4. The second kappa shape index (κ2) is 6.22. The maximum absolute atomic E-state index is 12.2. The molecule has 0 bridgehead atoms. The van der Waals surface area contributed by atoms with E-state index < -0.39 is 0 Å². The molecule has 0 aromatic carbocycles. The van der Waals surface area contributed by atoms with Gasteiger partial charge < -0.3 is 5.32 Å². The number of aromatic nitrogens is 3. The Hall–Kier alpha value is -1.95. The number of pyridine rings is 1. The molecule has 2 N–H and O–H groups in total. The van der Waals surface area contributed by atoms with Gasteiger partial charge in [0.1, 0.15) is 0 Å². The average Bonchev–Trinajstić information content (AvgIpc) is 2.91. The van der Waals surface area contributed by atoms with Gasteiger partial charge in [-0.25, -0.2) is 0 Å². The lowest BCUT2D eigenvalue weighted by atomic mass is 9.84. The molecule has 112 valence electrons.